The second-order valence-electron chi connectivity index (χ2n) is 13.3. The lowest BCUT2D eigenvalue weighted by molar-refractivity contribution is 0.669. The van der Waals surface area contributed by atoms with Crippen LogP contribution < -0.4 is 0 Å². The highest BCUT2D eigenvalue weighted by molar-refractivity contribution is 7.26. The van der Waals surface area contributed by atoms with Crippen LogP contribution in [0.1, 0.15) is 0 Å². The zero-order valence-electron chi connectivity index (χ0n) is 26.2. The van der Waals surface area contributed by atoms with E-state index in [4.69, 9.17) is 14.4 Å². The van der Waals surface area contributed by atoms with Crippen LogP contribution in [-0.2, 0) is 0 Å². The number of fused-ring (bicyclic) bond motifs is 7. The molecular weight excluding hydrogens is 651 g/mol. The first kappa shape index (κ1) is 25.9. The van der Waals surface area contributed by atoms with E-state index in [1.54, 1.807) is 11.3 Å². The summed E-state index contributed by atoms with van der Waals surface area (Å²) in [6.45, 7) is 0. The van der Waals surface area contributed by atoms with Crippen molar-refractivity contribution in [1.82, 2.24) is 14.5 Å². The minimum atomic E-state index is 0.842. The Bertz CT molecular complexity index is 3510. The molecule has 0 fully saturated rings. The van der Waals surface area contributed by atoms with Crippen molar-refractivity contribution in [2.75, 3.05) is 0 Å². The monoisotopic (exact) mass is 671 g/mol. The molecule has 5 heterocycles. The molecule has 230 valence electrons. The first-order valence-electron chi connectivity index (χ1n) is 16.7. The predicted molar refractivity (Wildman–Crippen MR) is 211 cm³/mol. The number of furan rings is 1. The Balaban J connectivity index is 1.23. The molecule has 4 nitrogen and oxygen atoms in total. The van der Waals surface area contributed by atoms with E-state index in [0.717, 1.165) is 55.0 Å². The maximum Gasteiger partial charge on any atom is 0.166 e. The topological polar surface area (TPSA) is 43.9 Å². The Kier molecular flexibility index (Phi) is 4.62. The molecule has 7 aromatic carbocycles. The van der Waals surface area contributed by atoms with Gasteiger partial charge in [-0.15, -0.1) is 22.7 Å². The molecule has 0 saturated heterocycles. The van der Waals surface area contributed by atoms with E-state index in [1.165, 1.54) is 68.3 Å². The molecule has 0 radical (unpaired) electrons. The van der Waals surface area contributed by atoms with E-state index in [1.807, 2.05) is 11.3 Å². The fourth-order valence-electron chi connectivity index (χ4n) is 8.69. The van der Waals surface area contributed by atoms with Crippen LogP contribution in [0.25, 0.3) is 123 Å². The van der Waals surface area contributed by atoms with Gasteiger partial charge in [0, 0.05) is 57.4 Å². The van der Waals surface area contributed by atoms with Crippen LogP contribution in [0.15, 0.2) is 132 Å². The molecule has 12 aromatic rings. The summed E-state index contributed by atoms with van der Waals surface area (Å²) >= 11 is 3.54. The van der Waals surface area contributed by atoms with E-state index in [-0.39, 0.29) is 0 Å². The number of hydrogen-bond donors (Lipinski definition) is 0. The Morgan fingerprint density at radius 3 is 2.12 bits per heavy atom. The molecular formula is C44H21N3OS2. The van der Waals surface area contributed by atoms with Gasteiger partial charge in [0.05, 0.1) is 11.0 Å². The van der Waals surface area contributed by atoms with Crippen LogP contribution in [0.2, 0.25) is 0 Å². The molecule has 1 aliphatic carbocycles. The van der Waals surface area contributed by atoms with Crippen molar-refractivity contribution in [1.29, 1.82) is 0 Å². The van der Waals surface area contributed by atoms with Crippen LogP contribution in [0, 0.1) is 0 Å². The van der Waals surface area contributed by atoms with Gasteiger partial charge >= 0.3 is 0 Å². The highest BCUT2D eigenvalue weighted by atomic mass is 32.1. The number of aromatic nitrogens is 3. The lowest BCUT2D eigenvalue weighted by Gasteiger charge is -2.14. The highest BCUT2D eigenvalue weighted by Gasteiger charge is 2.28. The smallest absolute Gasteiger partial charge is 0.166 e. The molecule has 50 heavy (non-hydrogen) atoms. The third-order valence-electron chi connectivity index (χ3n) is 10.7. The van der Waals surface area contributed by atoms with Gasteiger partial charge < -0.3 is 4.42 Å². The van der Waals surface area contributed by atoms with Gasteiger partial charge in [-0.05, 0) is 64.4 Å². The summed E-state index contributed by atoms with van der Waals surface area (Å²) in [5.74, 6) is 0.842. The first-order valence-corrected chi connectivity index (χ1v) is 18.4. The van der Waals surface area contributed by atoms with E-state index >= 15 is 0 Å². The summed E-state index contributed by atoms with van der Waals surface area (Å²) in [4.78, 5) is 12.1. The van der Waals surface area contributed by atoms with Crippen molar-refractivity contribution in [2.24, 2.45) is 0 Å². The molecule has 0 amide bonds. The van der Waals surface area contributed by atoms with Crippen molar-refractivity contribution < 1.29 is 4.42 Å². The molecule has 0 aliphatic heterocycles. The minimum absolute atomic E-state index is 0.842. The van der Waals surface area contributed by atoms with E-state index < -0.39 is 0 Å². The van der Waals surface area contributed by atoms with Gasteiger partial charge in [0.25, 0.3) is 0 Å². The van der Waals surface area contributed by atoms with Crippen LogP contribution in [0.3, 0.4) is 0 Å². The van der Waals surface area contributed by atoms with E-state index in [2.05, 4.69) is 132 Å². The van der Waals surface area contributed by atoms with Crippen molar-refractivity contribution >= 4 is 118 Å². The quantitative estimate of drug-likeness (QED) is 0.184. The Labute approximate surface area is 291 Å². The van der Waals surface area contributed by atoms with Gasteiger partial charge in [-0.25, -0.2) is 9.97 Å². The fourth-order valence-corrected chi connectivity index (χ4v) is 10.8. The summed E-state index contributed by atoms with van der Waals surface area (Å²) in [7, 11) is 0. The second-order valence-corrected chi connectivity index (χ2v) is 15.4. The average Bonchev–Trinajstić information content (AvgIpc) is 3.89. The zero-order valence-corrected chi connectivity index (χ0v) is 27.8. The SMILES string of the molecule is c1cc2c3c(c1)ccc1c3c3c4c(ccc3n1-c1nc3sc5ccccc5c3nc1-c1ccc3c(c1)sc1ccccc13)oc1cccc-2c14. The summed E-state index contributed by atoms with van der Waals surface area (Å²) in [5, 5.41) is 11.0. The molecule has 0 saturated carbocycles. The minimum Gasteiger partial charge on any atom is -0.456 e. The maximum atomic E-state index is 6.55. The number of benzene rings is 7. The number of thiophene rings is 2. The summed E-state index contributed by atoms with van der Waals surface area (Å²) in [6.07, 6.45) is 0. The molecule has 0 unspecified atom stereocenters. The van der Waals surface area contributed by atoms with Crippen molar-refractivity contribution in [3.63, 3.8) is 0 Å². The molecule has 5 aromatic heterocycles. The van der Waals surface area contributed by atoms with E-state index in [9.17, 15) is 0 Å². The largest absolute Gasteiger partial charge is 0.456 e. The van der Waals surface area contributed by atoms with Crippen molar-refractivity contribution in [3.8, 4) is 28.2 Å². The van der Waals surface area contributed by atoms with Gasteiger partial charge in [-0.2, -0.15) is 0 Å². The third kappa shape index (κ3) is 3.08. The summed E-state index contributed by atoms with van der Waals surface area (Å²) in [5.41, 5.74) is 9.39. The van der Waals surface area contributed by atoms with Crippen LogP contribution >= 0.6 is 22.7 Å². The molecule has 0 N–H and O–H groups in total. The zero-order chi connectivity index (χ0) is 32.2. The average molecular weight is 672 g/mol. The Morgan fingerprint density at radius 2 is 1.22 bits per heavy atom. The lowest BCUT2D eigenvalue weighted by Crippen LogP contribution is -2.03. The van der Waals surface area contributed by atoms with Crippen LogP contribution in [0.4, 0.5) is 0 Å². The van der Waals surface area contributed by atoms with Gasteiger partial charge in [0.1, 0.15) is 27.2 Å². The molecule has 6 heteroatoms. The van der Waals surface area contributed by atoms with E-state index in [0.29, 0.717) is 0 Å². The van der Waals surface area contributed by atoms with Crippen LogP contribution in [0.5, 0.6) is 0 Å². The molecule has 1 aliphatic rings. The second kappa shape index (κ2) is 8.93. The molecule has 0 bridgehead atoms. The maximum absolute atomic E-state index is 6.55. The molecule has 0 atom stereocenters. The van der Waals surface area contributed by atoms with Gasteiger partial charge in [0.2, 0.25) is 0 Å². The number of nitrogens with zero attached hydrogens (tertiary/aromatic N) is 3. The number of hydrogen-bond acceptors (Lipinski definition) is 5. The van der Waals surface area contributed by atoms with Gasteiger partial charge in [-0.1, -0.05) is 84.9 Å². The lowest BCUT2D eigenvalue weighted by atomic mass is 9.95. The Morgan fingerprint density at radius 1 is 0.500 bits per heavy atom. The first-order chi connectivity index (χ1) is 24.8. The fraction of sp³-hybridized carbons (Fsp3) is 0. The van der Waals surface area contributed by atoms with Gasteiger partial charge in [-0.3, -0.25) is 4.57 Å². The number of rotatable bonds is 2. The molecule has 13 rings (SSSR count). The normalized spacial score (nSPS) is 12.8. The Hall–Kier alpha value is -6.08. The molecule has 0 spiro atoms. The predicted octanol–water partition coefficient (Wildman–Crippen LogP) is 13.0. The summed E-state index contributed by atoms with van der Waals surface area (Å²) in [6, 6.07) is 46.0. The standard InChI is InChI=1S/C44H21N3OS2/c1-3-13-33-24(8-1)25-17-15-23(21-35(25)49-33)41-43(46-44-42(45-41)28-9-2-4-14-34(28)50-44)47-29-18-16-22-7-5-10-26-27-11-6-12-31-37(27)40-32(48-31)20-19-30(47)39(40)38(29)36(22)26/h1-21H. The third-order valence-corrected chi connectivity index (χ3v) is 12.9. The van der Waals surface area contributed by atoms with Crippen molar-refractivity contribution in [2.45, 2.75) is 0 Å². The van der Waals surface area contributed by atoms with Crippen molar-refractivity contribution in [3.05, 3.63) is 127 Å². The van der Waals surface area contributed by atoms with Gasteiger partial charge in [0.15, 0.2) is 5.82 Å². The van der Waals surface area contributed by atoms with Crippen LogP contribution in [-0.4, -0.2) is 14.5 Å². The summed E-state index contributed by atoms with van der Waals surface area (Å²) < 4.78 is 12.6. The highest BCUT2D eigenvalue weighted by Crippen LogP contribution is 2.51.